The van der Waals surface area contributed by atoms with E-state index in [2.05, 4.69) is 10.1 Å². The number of hydrogen-bond acceptors (Lipinski definition) is 6. The van der Waals surface area contributed by atoms with Crippen LogP contribution in [0.25, 0.3) is 0 Å². The van der Waals surface area contributed by atoms with Gasteiger partial charge in [0.25, 0.3) is 0 Å². The predicted octanol–water partition coefficient (Wildman–Crippen LogP) is 1.13. The van der Waals surface area contributed by atoms with Crippen LogP contribution in [0.3, 0.4) is 0 Å². The zero-order valence-corrected chi connectivity index (χ0v) is 16.0. The first-order valence-electron chi connectivity index (χ1n) is 8.95. The quantitative estimate of drug-likeness (QED) is 0.826. The summed E-state index contributed by atoms with van der Waals surface area (Å²) in [6.45, 7) is 6.55. The molecule has 1 aromatic heterocycles. The molecule has 0 spiro atoms. The number of amides is 1. The van der Waals surface area contributed by atoms with Crippen molar-refractivity contribution in [3.63, 3.8) is 0 Å². The summed E-state index contributed by atoms with van der Waals surface area (Å²) in [4.78, 5) is 14.8. The van der Waals surface area contributed by atoms with Gasteiger partial charge in [0.05, 0.1) is 0 Å². The molecule has 0 aromatic carbocycles. The minimum Gasteiger partial charge on any atom is -0.465 e. The fourth-order valence-electron chi connectivity index (χ4n) is 3.85. The molecule has 0 aliphatic carbocycles. The van der Waals surface area contributed by atoms with Crippen LogP contribution >= 0.6 is 0 Å². The molecular weight excluding hydrogens is 360 g/mol. The first-order chi connectivity index (χ1) is 12.3. The zero-order valence-electron chi connectivity index (χ0n) is 15.2. The van der Waals surface area contributed by atoms with E-state index in [0.717, 1.165) is 19.3 Å². The smallest absolute Gasteiger partial charge is 0.407 e. The van der Waals surface area contributed by atoms with Crippen LogP contribution in [0, 0.1) is 13.8 Å². The lowest BCUT2D eigenvalue weighted by molar-refractivity contribution is 0.0902. The topological polar surface area (TPSA) is 107 Å². The fourth-order valence-corrected chi connectivity index (χ4v) is 5.83. The predicted molar refractivity (Wildman–Crippen MR) is 93.5 cm³/mol. The summed E-state index contributed by atoms with van der Waals surface area (Å²) in [6.07, 6.45) is 1.74. The van der Waals surface area contributed by atoms with E-state index < -0.39 is 16.1 Å². The number of nitrogens with zero attached hydrogens (tertiary/aromatic N) is 4. The first-order valence-corrected chi connectivity index (χ1v) is 10.4. The highest BCUT2D eigenvalue weighted by molar-refractivity contribution is 7.89. The number of rotatable bonds is 4. The van der Waals surface area contributed by atoms with Crippen LogP contribution in [0.2, 0.25) is 0 Å². The van der Waals surface area contributed by atoms with Gasteiger partial charge in [0, 0.05) is 45.3 Å². The van der Waals surface area contributed by atoms with Crippen molar-refractivity contribution >= 4 is 16.1 Å². The fraction of sp³-hybridized carbons (Fsp3) is 0.750. The lowest BCUT2D eigenvalue weighted by atomic mass is 10.0. The molecule has 2 saturated heterocycles. The monoisotopic (exact) mass is 386 g/mol. The van der Waals surface area contributed by atoms with Crippen molar-refractivity contribution in [2.75, 3.05) is 39.3 Å². The first kappa shape index (κ1) is 19.1. The molecule has 9 nitrogen and oxygen atoms in total. The summed E-state index contributed by atoms with van der Waals surface area (Å²) in [5.74, 6) is 0.321. The Bertz CT molecular complexity index is 735. The molecular formula is C16H26N4O5S. The molecule has 3 heterocycles. The van der Waals surface area contributed by atoms with Crippen LogP contribution in [0.5, 0.6) is 0 Å². The summed E-state index contributed by atoms with van der Waals surface area (Å²) in [7, 11) is -3.66. The number of sulfonamides is 1. The highest BCUT2D eigenvalue weighted by Gasteiger charge is 2.38. The third-order valence-electron chi connectivity index (χ3n) is 5.22. The van der Waals surface area contributed by atoms with E-state index in [1.165, 1.54) is 4.90 Å². The Morgan fingerprint density at radius 1 is 1.19 bits per heavy atom. The zero-order chi connectivity index (χ0) is 18.9. The third kappa shape index (κ3) is 3.72. The van der Waals surface area contributed by atoms with Gasteiger partial charge >= 0.3 is 6.09 Å². The van der Waals surface area contributed by atoms with Crippen LogP contribution in [0.4, 0.5) is 4.79 Å². The van der Waals surface area contributed by atoms with E-state index in [4.69, 9.17) is 9.63 Å². The number of aromatic nitrogens is 1. The molecule has 2 aliphatic heterocycles. The third-order valence-corrected chi connectivity index (χ3v) is 7.42. The van der Waals surface area contributed by atoms with Crippen molar-refractivity contribution in [1.82, 2.24) is 19.3 Å². The molecule has 2 aliphatic rings. The maximum Gasteiger partial charge on any atom is 0.407 e. The molecule has 1 unspecified atom stereocenters. The molecule has 0 radical (unpaired) electrons. The van der Waals surface area contributed by atoms with Gasteiger partial charge in [0.1, 0.15) is 10.6 Å². The lowest BCUT2D eigenvalue weighted by Crippen LogP contribution is -2.54. The number of hydrogen-bond donors (Lipinski definition) is 1. The minimum atomic E-state index is -3.66. The SMILES string of the molecule is Cc1noc(C)c1S(=O)(=O)N1CCCCC1CN1CCN(C(=O)O)CC1. The molecule has 3 rings (SSSR count). The summed E-state index contributed by atoms with van der Waals surface area (Å²) < 4.78 is 33.1. The molecule has 0 bridgehead atoms. The molecule has 2 fully saturated rings. The summed E-state index contributed by atoms with van der Waals surface area (Å²) in [5, 5.41) is 12.8. The van der Waals surface area contributed by atoms with Gasteiger partial charge in [-0.3, -0.25) is 4.90 Å². The maximum absolute atomic E-state index is 13.2. The van der Waals surface area contributed by atoms with E-state index in [1.54, 1.807) is 18.2 Å². The Morgan fingerprint density at radius 3 is 2.46 bits per heavy atom. The number of carbonyl (C=O) groups is 1. The average Bonchev–Trinajstić information content (AvgIpc) is 2.95. The summed E-state index contributed by atoms with van der Waals surface area (Å²) in [5.41, 5.74) is 0.391. The van der Waals surface area contributed by atoms with Gasteiger partial charge in [-0.05, 0) is 26.7 Å². The Kier molecular flexibility index (Phi) is 5.54. The van der Waals surface area contributed by atoms with Crippen LogP contribution in [-0.4, -0.2) is 84.2 Å². The maximum atomic E-state index is 13.2. The van der Waals surface area contributed by atoms with Gasteiger partial charge in [0.15, 0.2) is 5.76 Å². The van der Waals surface area contributed by atoms with Gasteiger partial charge < -0.3 is 14.5 Å². The second-order valence-electron chi connectivity index (χ2n) is 6.99. The van der Waals surface area contributed by atoms with Gasteiger partial charge in [-0.1, -0.05) is 11.6 Å². The molecule has 0 saturated carbocycles. The summed E-state index contributed by atoms with van der Waals surface area (Å²) >= 11 is 0. The highest BCUT2D eigenvalue weighted by atomic mass is 32.2. The number of carboxylic acid groups (broad SMARTS) is 1. The molecule has 26 heavy (non-hydrogen) atoms. The van der Waals surface area contributed by atoms with Crippen molar-refractivity contribution in [3.8, 4) is 0 Å². The van der Waals surface area contributed by atoms with Crippen LogP contribution in [-0.2, 0) is 10.0 Å². The standard InChI is InChI=1S/C16H26N4O5S/c1-12-15(13(2)25-17-12)26(23,24)20-6-4-3-5-14(20)11-18-7-9-19(10-8-18)16(21)22/h14H,3-11H2,1-2H3,(H,21,22). The second-order valence-corrected chi connectivity index (χ2v) is 8.82. The Hall–Kier alpha value is -1.65. The largest absolute Gasteiger partial charge is 0.465 e. The number of piperidine rings is 1. The van der Waals surface area contributed by atoms with Crippen molar-refractivity contribution < 1.29 is 22.8 Å². The number of piperazine rings is 1. The van der Waals surface area contributed by atoms with Crippen molar-refractivity contribution in [2.24, 2.45) is 0 Å². The van der Waals surface area contributed by atoms with Gasteiger partial charge in [0.2, 0.25) is 10.0 Å². The Labute approximate surface area is 153 Å². The molecule has 1 N–H and O–H groups in total. The van der Waals surface area contributed by atoms with E-state index in [0.29, 0.717) is 50.7 Å². The van der Waals surface area contributed by atoms with E-state index in [9.17, 15) is 13.2 Å². The van der Waals surface area contributed by atoms with Crippen LogP contribution in [0.15, 0.2) is 9.42 Å². The lowest BCUT2D eigenvalue weighted by Gasteiger charge is -2.40. The van der Waals surface area contributed by atoms with E-state index >= 15 is 0 Å². The van der Waals surface area contributed by atoms with Crippen LogP contribution < -0.4 is 0 Å². The second kappa shape index (κ2) is 7.53. The highest BCUT2D eigenvalue weighted by Crippen LogP contribution is 2.29. The van der Waals surface area contributed by atoms with Crippen LogP contribution in [0.1, 0.15) is 30.7 Å². The van der Waals surface area contributed by atoms with Crippen molar-refractivity contribution in [3.05, 3.63) is 11.5 Å². The van der Waals surface area contributed by atoms with E-state index in [1.807, 2.05) is 0 Å². The summed E-state index contributed by atoms with van der Waals surface area (Å²) in [6, 6.07) is -0.112. The van der Waals surface area contributed by atoms with Gasteiger partial charge in [-0.2, -0.15) is 4.31 Å². The van der Waals surface area contributed by atoms with Crippen molar-refractivity contribution in [2.45, 2.75) is 44.0 Å². The normalized spacial score (nSPS) is 23.3. The molecule has 1 amide bonds. The molecule has 1 atom stereocenters. The van der Waals surface area contributed by atoms with Crippen molar-refractivity contribution in [1.29, 1.82) is 0 Å². The molecule has 10 heteroatoms. The van der Waals surface area contributed by atoms with E-state index in [-0.39, 0.29) is 10.9 Å². The minimum absolute atomic E-state index is 0.112. The average molecular weight is 386 g/mol. The van der Waals surface area contributed by atoms with Gasteiger partial charge in [-0.25, -0.2) is 13.2 Å². The molecule has 1 aromatic rings. The molecule has 146 valence electrons. The van der Waals surface area contributed by atoms with Gasteiger partial charge in [-0.15, -0.1) is 0 Å². The Balaban J connectivity index is 1.74. The Morgan fingerprint density at radius 2 is 1.88 bits per heavy atom. The number of aryl methyl sites for hydroxylation is 2.